The Morgan fingerprint density at radius 2 is 2.13 bits per heavy atom. The van der Waals surface area contributed by atoms with E-state index in [1.54, 1.807) is 30.5 Å². The minimum atomic E-state index is -0.132. The van der Waals surface area contributed by atoms with Crippen molar-refractivity contribution in [3.63, 3.8) is 0 Å². The van der Waals surface area contributed by atoms with Crippen LogP contribution in [-0.4, -0.2) is 52.3 Å². The maximum absolute atomic E-state index is 12.0. The van der Waals surface area contributed by atoms with Crippen molar-refractivity contribution in [2.75, 3.05) is 26.4 Å². The number of aromatic nitrogens is 3. The number of benzene rings is 1. The number of carbonyl (C=O) groups is 1. The van der Waals surface area contributed by atoms with Crippen molar-refractivity contribution in [3.8, 4) is 34.3 Å². The van der Waals surface area contributed by atoms with Gasteiger partial charge in [-0.2, -0.15) is 0 Å². The Hall–Kier alpha value is -3.10. The number of H-pyrrole nitrogens is 1. The summed E-state index contributed by atoms with van der Waals surface area (Å²) in [5.74, 6) is 1.20. The van der Waals surface area contributed by atoms with Gasteiger partial charge in [-0.1, -0.05) is 11.6 Å². The van der Waals surface area contributed by atoms with Gasteiger partial charge in [-0.15, -0.1) is 0 Å². The highest BCUT2D eigenvalue weighted by molar-refractivity contribution is 6.32. The van der Waals surface area contributed by atoms with Crippen LogP contribution >= 0.6 is 11.6 Å². The first-order valence-corrected chi connectivity index (χ1v) is 10.0. The lowest BCUT2D eigenvalue weighted by Crippen LogP contribution is -2.31. The van der Waals surface area contributed by atoms with E-state index in [1.807, 2.05) is 6.92 Å². The number of aliphatic hydroxyl groups excluding tert-OH is 1. The molecule has 0 unspecified atom stereocenters. The van der Waals surface area contributed by atoms with Gasteiger partial charge in [0.05, 0.1) is 35.2 Å². The minimum absolute atomic E-state index is 0.0837. The van der Waals surface area contributed by atoms with Crippen LogP contribution in [0.5, 0.6) is 11.5 Å². The summed E-state index contributed by atoms with van der Waals surface area (Å²) in [6.45, 7) is 2.87. The van der Waals surface area contributed by atoms with Crippen LogP contribution in [0, 0.1) is 0 Å². The first-order valence-electron chi connectivity index (χ1n) is 9.64. The number of carbonyl (C=O) groups excluding carboxylic acids is 1. The number of hydrogen-bond donors (Lipinski definition) is 3. The van der Waals surface area contributed by atoms with Gasteiger partial charge in [0, 0.05) is 30.4 Å². The van der Waals surface area contributed by atoms with Crippen LogP contribution in [-0.2, 0) is 6.42 Å². The normalized spacial score (nSPS) is 13.0. The Morgan fingerprint density at radius 1 is 1.27 bits per heavy atom. The van der Waals surface area contributed by atoms with Gasteiger partial charge in [-0.3, -0.25) is 4.79 Å². The van der Waals surface area contributed by atoms with Crippen molar-refractivity contribution in [2.24, 2.45) is 0 Å². The van der Waals surface area contributed by atoms with E-state index in [0.29, 0.717) is 52.3 Å². The molecule has 0 aliphatic carbocycles. The van der Waals surface area contributed by atoms with Gasteiger partial charge in [0.15, 0.2) is 17.3 Å². The van der Waals surface area contributed by atoms with E-state index in [4.69, 9.17) is 26.2 Å². The van der Waals surface area contributed by atoms with E-state index in [2.05, 4.69) is 20.3 Å². The van der Waals surface area contributed by atoms with Gasteiger partial charge in [0.2, 0.25) is 0 Å². The molecule has 4 rings (SSSR count). The lowest BCUT2D eigenvalue weighted by molar-refractivity contribution is 0.0946. The summed E-state index contributed by atoms with van der Waals surface area (Å²) in [6.07, 6.45) is 2.41. The molecule has 3 aromatic rings. The van der Waals surface area contributed by atoms with E-state index in [-0.39, 0.29) is 19.1 Å². The smallest absolute Gasteiger partial charge is 0.253 e. The molecule has 0 fully saturated rings. The summed E-state index contributed by atoms with van der Waals surface area (Å²) in [6, 6.07) is 7.04. The topological polar surface area (TPSA) is 109 Å². The molecule has 0 atom stereocenters. The van der Waals surface area contributed by atoms with Crippen molar-refractivity contribution >= 4 is 17.5 Å². The van der Waals surface area contributed by atoms with Gasteiger partial charge in [-0.25, -0.2) is 9.97 Å². The standard InChI is InChI=1S/C21H21ClN4O4/c1-2-29-18-10-12(9-14(22)19(18)30-8-7-27)20-23-5-4-16(26-20)17-11-13-15(25-17)3-6-24-21(13)28/h4-5,9-11,25,27H,2-3,6-8H2,1H3,(H,24,28). The summed E-state index contributed by atoms with van der Waals surface area (Å²) in [7, 11) is 0. The van der Waals surface area contributed by atoms with Gasteiger partial charge in [-0.05, 0) is 31.2 Å². The van der Waals surface area contributed by atoms with Crippen LogP contribution < -0.4 is 14.8 Å². The molecule has 8 nitrogen and oxygen atoms in total. The Morgan fingerprint density at radius 3 is 2.90 bits per heavy atom. The monoisotopic (exact) mass is 428 g/mol. The number of halogens is 1. The molecule has 1 aliphatic heterocycles. The summed E-state index contributed by atoms with van der Waals surface area (Å²) < 4.78 is 11.2. The number of nitrogens with one attached hydrogen (secondary N) is 2. The number of aliphatic hydroxyl groups is 1. The first kappa shape index (κ1) is 20.2. The molecule has 1 amide bonds. The van der Waals surface area contributed by atoms with Crippen LogP contribution in [0.15, 0.2) is 30.5 Å². The molecular formula is C21H21ClN4O4. The van der Waals surface area contributed by atoms with Crippen molar-refractivity contribution in [1.29, 1.82) is 0 Å². The van der Waals surface area contributed by atoms with Crippen LogP contribution in [0.2, 0.25) is 5.02 Å². The molecule has 0 radical (unpaired) electrons. The van der Waals surface area contributed by atoms with Gasteiger partial charge in [0.25, 0.3) is 5.91 Å². The summed E-state index contributed by atoms with van der Waals surface area (Å²) >= 11 is 6.40. The van der Waals surface area contributed by atoms with Crippen LogP contribution in [0.1, 0.15) is 23.0 Å². The molecule has 9 heteroatoms. The maximum atomic E-state index is 12.0. The molecule has 3 N–H and O–H groups in total. The van der Waals surface area contributed by atoms with Crippen molar-refractivity contribution < 1.29 is 19.4 Å². The summed E-state index contributed by atoms with van der Waals surface area (Å²) in [5.41, 5.74) is 3.62. The van der Waals surface area contributed by atoms with Crippen LogP contribution in [0.3, 0.4) is 0 Å². The van der Waals surface area contributed by atoms with E-state index < -0.39 is 0 Å². The van der Waals surface area contributed by atoms with Gasteiger partial charge < -0.3 is 24.9 Å². The van der Waals surface area contributed by atoms with Gasteiger partial charge >= 0.3 is 0 Å². The Balaban J connectivity index is 1.71. The van der Waals surface area contributed by atoms with Crippen LogP contribution in [0.4, 0.5) is 0 Å². The molecule has 0 spiro atoms. The van der Waals surface area contributed by atoms with E-state index >= 15 is 0 Å². The van der Waals surface area contributed by atoms with E-state index in [1.165, 1.54) is 0 Å². The lowest BCUT2D eigenvalue weighted by Gasteiger charge is -2.14. The lowest BCUT2D eigenvalue weighted by atomic mass is 10.1. The number of amides is 1. The summed E-state index contributed by atoms with van der Waals surface area (Å²) in [4.78, 5) is 24.3. The number of rotatable bonds is 7. The second-order valence-electron chi connectivity index (χ2n) is 6.64. The zero-order valence-corrected chi connectivity index (χ0v) is 17.1. The second-order valence-corrected chi connectivity index (χ2v) is 7.04. The molecule has 0 bridgehead atoms. The highest BCUT2D eigenvalue weighted by atomic mass is 35.5. The number of hydrogen-bond acceptors (Lipinski definition) is 6. The maximum Gasteiger partial charge on any atom is 0.253 e. The molecule has 156 valence electrons. The average Bonchev–Trinajstić information content (AvgIpc) is 3.19. The number of fused-ring (bicyclic) bond motifs is 1. The number of ether oxygens (including phenoxy) is 2. The molecule has 2 aromatic heterocycles. The molecule has 0 saturated heterocycles. The van der Waals surface area contributed by atoms with Crippen LogP contribution in [0.25, 0.3) is 22.8 Å². The molecule has 1 aromatic carbocycles. The third-order valence-electron chi connectivity index (χ3n) is 4.64. The molecule has 1 aliphatic rings. The highest BCUT2D eigenvalue weighted by Gasteiger charge is 2.21. The Kier molecular flexibility index (Phi) is 5.87. The largest absolute Gasteiger partial charge is 0.490 e. The third-order valence-corrected chi connectivity index (χ3v) is 4.92. The predicted octanol–water partition coefficient (Wildman–Crippen LogP) is 2.85. The minimum Gasteiger partial charge on any atom is -0.490 e. The molecule has 30 heavy (non-hydrogen) atoms. The van der Waals surface area contributed by atoms with Crippen molar-refractivity contribution in [2.45, 2.75) is 13.3 Å². The second kappa shape index (κ2) is 8.73. The number of aromatic amines is 1. The molecule has 3 heterocycles. The third kappa shape index (κ3) is 3.96. The zero-order valence-electron chi connectivity index (χ0n) is 16.4. The Labute approximate surface area is 178 Å². The highest BCUT2D eigenvalue weighted by Crippen LogP contribution is 2.39. The van der Waals surface area contributed by atoms with Crippen molar-refractivity contribution in [1.82, 2.24) is 20.3 Å². The fraction of sp³-hybridized carbons (Fsp3) is 0.286. The number of nitrogens with zero attached hydrogens (tertiary/aromatic N) is 2. The fourth-order valence-corrected chi connectivity index (χ4v) is 3.59. The average molecular weight is 429 g/mol. The van der Waals surface area contributed by atoms with E-state index in [9.17, 15) is 4.79 Å². The van der Waals surface area contributed by atoms with Gasteiger partial charge in [0.1, 0.15) is 6.61 Å². The van der Waals surface area contributed by atoms with Crippen molar-refractivity contribution in [3.05, 3.63) is 46.7 Å². The summed E-state index contributed by atoms with van der Waals surface area (Å²) in [5, 5.41) is 12.2. The fourth-order valence-electron chi connectivity index (χ4n) is 3.33. The molecule has 0 saturated carbocycles. The predicted molar refractivity (Wildman–Crippen MR) is 112 cm³/mol. The first-order chi connectivity index (χ1) is 14.6. The SMILES string of the molecule is CCOc1cc(-c2nccc(-c3cc4c([nH]3)CCNC4=O)n2)cc(Cl)c1OCCO. The van der Waals surface area contributed by atoms with E-state index in [0.717, 1.165) is 17.8 Å². The molecular weight excluding hydrogens is 408 g/mol. The Bertz CT molecular complexity index is 1080. The zero-order chi connectivity index (χ0) is 21.1. The quantitative estimate of drug-likeness (QED) is 0.534.